The number of ether oxygens (including phenoxy) is 1. The third-order valence-electron chi connectivity index (χ3n) is 3.73. The van der Waals surface area contributed by atoms with Crippen LogP contribution < -0.4 is 10.1 Å². The minimum absolute atomic E-state index is 0.0798. The molecule has 0 heterocycles. The van der Waals surface area contributed by atoms with Gasteiger partial charge in [-0.25, -0.2) is 4.79 Å². The van der Waals surface area contributed by atoms with E-state index in [0.717, 1.165) is 12.8 Å². The van der Waals surface area contributed by atoms with Crippen LogP contribution in [0.15, 0.2) is 54.1 Å². The molecule has 0 spiro atoms. The summed E-state index contributed by atoms with van der Waals surface area (Å²) in [5.74, 6) is -1.02. The Bertz CT molecular complexity index is 880. The highest BCUT2D eigenvalue weighted by atomic mass is 16.5. The van der Waals surface area contributed by atoms with E-state index in [2.05, 4.69) is 12.2 Å². The van der Waals surface area contributed by atoms with Crippen molar-refractivity contribution < 1.29 is 19.4 Å². The summed E-state index contributed by atoms with van der Waals surface area (Å²) in [5, 5.41) is 20.8. The van der Waals surface area contributed by atoms with E-state index in [4.69, 9.17) is 9.84 Å². The van der Waals surface area contributed by atoms with Crippen molar-refractivity contribution in [2.75, 3.05) is 11.9 Å². The summed E-state index contributed by atoms with van der Waals surface area (Å²) in [7, 11) is 0. The highest BCUT2D eigenvalue weighted by Crippen LogP contribution is 2.22. The molecular formula is C21H20N2O4. The van der Waals surface area contributed by atoms with Crippen LogP contribution in [-0.2, 0) is 4.79 Å². The van der Waals surface area contributed by atoms with Crippen LogP contribution in [0, 0.1) is 11.3 Å². The Hall–Kier alpha value is -3.59. The zero-order chi connectivity index (χ0) is 19.6. The first kappa shape index (κ1) is 19.7. The minimum atomic E-state index is -1.05. The van der Waals surface area contributed by atoms with E-state index in [-0.39, 0.29) is 11.1 Å². The maximum atomic E-state index is 12.4. The van der Waals surface area contributed by atoms with Crippen LogP contribution in [0.2, 0.25) is 0 Å². The predicted octanol–water partition coefficient (Wildman–Crippen LogP) is 4.11. The number of nitriles is 1. The Morgan fingerprint density at radius 1 is 1.19 bits per heavy atom. The second-order valence-corrected chi connectivity index (χ2v) is 5.75. The van der Waals surface area contributed by atoms with Crippen LogP contribution in [0.1, 0.15) is 35.7 Å². The summed E-state index contributed by atoms with van der Waals surface area (Å²) < 4.78 is 5.72. The smallest absolute Gasteiger partial charge is 0.335 e. The molecule has 0 bridgehead atoms. The molecule has 27 heavy (non-hydrogen) atoms. The number of carboxylic acids is 1. The van der Waals surface area contributed by atoms with Crippen molar-refractivity contribution in [3.8, 4) is 11.8 Å². The molecule has 2 aromatic carbocycles. The monoisotopic (exact) mass is 364 g/mol. The highest BCUT2D eigenvalue weighted by molar-refractivity contribution is 6.10. The Balaban J connectivity index is 2.17. The lowest BCUT2D eigenvalue weighted by Gasteiger charge is -2.09. The summed E-state index contributed by atoms with van der Waals surface area (Å²) in [6.07, 6.45) is 3.39. The van der Waals surface area contributed by atoms with Crippen molar-refractivity contribution in [3.63, 3.8) is 0 Å². The van der Waals surface area contributed by atoms with E-state index in [1.165, 1.54) is 30.3 Å². The largest absolute Gasteiger partial charge is 0.493 e. The zero-order valence-corrected chi connectivity index (χ0v) is 14.9. The number of nitrogens with zero attached hydrogens (tertiary/aromatic N) is 1. The number of unbranched alkanes of at least 4 members (excludes halogenated alkanes) is 1. The van der Waals surface area contributed by atoms with Gasteiger partial charge in [0.1, 0.15) is 17.4 Å². The Kier molecular flexibility index (Phi) is 7.15. The molecule has 6 nitrogen and oxygen atoms in total. The van der Waals surface area contributed by atoms with Gasteiger partial charge in [0.2, 0.25) is 0 Å². The van der Waals surface area contributed by atoms with Crippen LogP contribution in [-0.4, -0.2) is 23.6 Å². The van der Waals surface area contributed by atoms with Gasteiger partial charge in [0, 0.05) is 11.3 Å². The van der Waals surface area contributed by atoms with Gasteiger partial charge in [0.05, 0.1) is 12.2 Å². The first-order chi connectivity index (χ1) is 13.0. The molecule has 2 rings (SSSR count). The standard InChI is InChI=1S/C21H20N2O4/c1-2-3-12-27-19-7-5-4-6-16(19)13-17(14-22)20(24)23-18-10-8-15(9-11-18)21(25)26/h4-11,13H,2-3,12H2,1H3,(H,23,24)(H,25,26)/b17-13+. The first-order valence-electron chi connectivity index (χ1n) is 8.53. The van der Waals surface area contributed by atoms with Gasteiger partial charge in [-0.15, -0.1) is 0 Å². The molecule has 0 saturated heterocycles. The fraction of sp³-hybridized carbons (Fsp3) is 0.190. The second kappa shape index (κ2) is 9.78. The number of carbonyl (C=O) groups excluding carboxylic acids is 1. The van der Waals surface area contributed by atoms with Gasteiger partial charge in [0.15, 0.2) is 0 Å². The Labute approximate surface area is 157 Å². The molecule has 0 atom stereocenters. The lowest BCUT2D eigenvalue weighted by Crippen LogP contribution is -2.13. The first-order valence-corrected chi connectivity index (χ1v) is 8.53. The summed E-state index contributed by atoms with van der Waals surface area (Å²) in [4.78, 5) is 23.2. The van der Waals surface area contributed by atoms with Crippen molar-refractivity contribution in [2.24, 2.45) is 0 Å². The third-order valence-corrected chi connectivity index (χ3v) is 3.73. The van der Waals surface area contributed by atoms with E-state index >= 15 is 0 Å². The molecule has 0 unspecified atom stereocenters. The molecular weight excluding hydrogens is 344 g/mol. The molecule has 0 fully saturated rings. The van der Waals surface area contributed by atoms with Crippen LogP contribution >= 0.6 is 0 Å². The highest BCUT2D eigenvalue weighted by Gasteiger charge is 2.12. The number of carbonyl (C=O) groups is 2. The summed E-state index contributed by atoms with van der Waals surface area (Å²) >= 11 is 0. The lowest BCUT2D eigenvalue weighted by atomic mass is 10.1. The molecule has 6 heteroatoms. The molecule has 0 aromatic heterocycles. The number of amides is 1. The quantitative estimate of drug-likeness (QED) is 0.417. The minimum Gasteiger partial charge on any atom is -0.493 e. The third kappa shape index (κ3) is 5.72. The fourth-order valence-electron chi connectivity index (χ4n) is 2.26. The molecule has 0 radical (unpaired) electrons. The van der Waals surface area contributed by atoms with Crippen LogP contribution in [0.5, 0.6) is 5.75 Å². The van der Waals surface area contributed by atoms with Gasteiger partial charge in [-0.2, -0.15) is 5.26 Å². The molecule has 2 aromatic rings. The number of carboxylic acid groups (broad SMARTS) is 1. The number of rotatable bonds is 8. The van der Waals surface area contributed by atoms with Crippen molar-refractivity contribution in [3.05, 3.63) is 65.2 Å². The zero-order valence-electron chi connectivity index (χ0n) is 14.9. The Morgan fingerprint density at radius 2 is 1.89 bits per heavy atom. The molecule has 0 aliphatic heterocycles. The number of anilines is 1. The molecule has 2 N–H and O–H groups in total. The van der Waals surface area contributed by atoms with E-state index in [9.17, 15) is 14.9 Å². The van der Waals surface area contributed by atoms with E-state index < -0.39 is 11.9 Å². The molecule has 0 aliphatic carbocycles. The van der Waals surface area contributed by atoms with Crippen LogP contribution in [0.3, 0.4) is 0 Å². The molecule has 138 valence electrons. The average molecular weight is 364 g/mol. The van der Waals surface area contributed by atoms with Crippen molar-refractivity contribution in [1.29, 1.82) is 5.26 Å². The number of hydrogen-bond acceptors (Lipinski definition) is 4. The topological polar surface area (TPSA) is 99.4 Å². The maximum Gasteiger partial charge on any atom is 0.335 e. The van der Waals surface area contributed by atoms with Crippen LogP contribution in [0.4, 0.5) is 5.69 Å². The fourth-order valence-corrected chi connectivity index (χ4v) is 2.26. The second-order valence-electron chi connectivity index (χ2n) is 5.75. The number of para-hydroxylation sites is 1. The van der Waals surface area contributed by atoms with E-state index in [1.807, 2.05) is 12.1 Å². The van der Waals surface area contributed by atoms with Gasteiger partial charge in [-0.3, -0.25) is 4.79 Å². The van der Waals surface area contributed by atoms with Gasteiger partial charge < -0.3 is 15.2 Å². The predicted molar refractivity (Wildman–Crippen MR) is 102 cm³/mol. The van der Waals surface area contributed by atoms with Crippen LogP contribution in [0.25, 0.3) is 6.08 Å². The molecule has 0 saturated carbocycles. The van der Waals surface area contributed by atoms with Gasteiger partial charge in [0.25, 0.3) is 5.91 Å². The SMILES string of the molecule is CCCCOc1ccccc1/C=C(\C#N)C(=O)Nc1ccc(C(=O)O)cc1. The summed E-state index contributed by atoms with van der Waals surface area (Å²) in [6.45, 7) is 2.63. The van der Waals surface area contributed by atoms with Gasteiger partial charge in [-0.1, -0.05) is 31.5 Å². The molecule has 0 aliphatic rings. The average Bonchev–Trinajstić information content (AvgIpc) is 2.67. The number of aromatic carboxylic acids is 1. The number of nitrogens with one attached hydrogen (secondary N) is 1. The lowest BCUT2D eigenvalue weighted by molar-refractivity contribution is -0.112. The van der Waals surface area contributed by atoms with Crippen molar-refractivity contribution in [2.45, 2.75) is 19.8 Å². The number of hydrogen-bond donors (Lipinski definition) is 2. The van der Waals surface area contributed by atoms with E-state index in [1.54, 1.807) is 18.2 Å². The van der Waals surface area contributed by atoms with Crippen molar-refractivity contribution >= 4 is 23.6 Å². The summed E-state index contributed by atoms with van der Waals surface area (Å²) in [5.41, 5.74) is 1.08. The van der Waals surface area contributed by atoms with E-state index in [0.29, 0.717) is 23.6 Å². The maximum absolute atomic E-state index is 12.4. The van der Waals surface area contributed by atoms with Gasteiger partial charge in [-0.05, 0) is 42.8 Å². The van der Waals surface area contributed by atoms with Gasteiger partial charge >= 0.3 is 5.97 Å². The van der Waals surface area contributed by atoms with Crippen molar-refractivity contribution in [1.82, 2.24) is 0 Å². The Morgan fingerprint density at radius 3 is 2.52 bits per heavy atom. The normalized spacial score (nSPS) is 10.7. The number of benzene rings is 2. The summed E-state index contributed by atoms with van der Waals surface area (Å²) in [6, 6.07) is 14.8. The molecule has 1 amide bonds.